The Morgan fingerprint density at radius 1 is 1.15 bits per heavy atom. The molecule has 1 aliphatic heterocycles. The molecule has 1 N–H and O–H groups in total. The zero-order chi connectivity index (χ0) is 19.1. The number of allylic oxidation sites excluding steroid dienone is 2. The molecule has 0 saturated heterocycles. The average molecular weight is 367 g/mol. The van der Waals surface area contributed by atoms with Crippen molar-refractivity contribution in [3.63, 3.8) is 0 Å². The Morgan fingerprint density at radius 3 is 2.67 bits per heavy atom. The van der Waals surface area contributed by atoms with Gasteiger partial charge in [0, 0.05) is 24.1 Å². The van der Waals surface area contributed by atoms with Crippen LogP contribution in [0.2, 0.25) is 0 Å². The lowest BCUT2D eigenvalue weighted by molar-refractivity contribution is -0.385. The lowest BCUT2D eigenvalue weighted by atomic mass is 9.76. The van der Waals surface area contributed by atoms with E-state index < -0.39 is 4.92 Å². The van der Waals surface area contributed by atoms with Crippen LogP contribution >= 0.6 is 0 Å². The maximum Gasteiger partial charge on any atom is 0.275 e. The second kappa shape index (κ2) is 6.39. The molecule has 1 heterocycles. The van der Waals surface area contributed by atoms with E-state index in [2.05, 4.69) is 5.32 Å². The largest absolute Gasteiger partial charge is 0.495 e. The molecule has 0 radical (unpaired) electrons. The number of nitrogens with zero attached hydrogens (tertiary/aromatic N) is 2. The van der Waals surface area contributed by atoms with Crippen LogP contribution < -0.4 is 10.1 Å². The Balaban J connectivity index is 1.87. The maximum absolute atomic E-state index is 11.6. The Labute approximate surface area is 154 Å². The molecule has 27 heavy (non-hydrogen) atoms. The molecule has 0 saturated carbocycles. The fourth-order valence-electron chi connectivity index (χ4n) is 4.15. The Morgan fingerprint density at radius 2 is 1.96 bits per heavy atom. The lowest BCUT2D eigenvalue weighted by Crippen LogP contribution is -2.30. The summed E-state index contributed by atoms with van der Waals surface area (Å²) in [5.41, 5.74) is 2.05. The van der Waals surface area contributed by atoms with Crippen LogP contribution in [0.4, 0.5) is 17.1 Å². The molecule has 2 aliphatic rings. The number of rotatable bonds is 4. The van der Waals surface area contributed by atoms with Gasteiger partial charge in [0.05, 0.1) is 34.2 Å². The Kier molecular flexibility index (Phi) is 4.02. The SMILES string of the molecule is COc1ccc([N+](=O)[O-])c2c1NC(c1cccc([N+](=O)[O-])c1)C1CC=CC21. The molecule has 0 amide bonds. The number of nitro groups is 2. The minimum atomic E-state index is -0.421. The Hall–Kier alpha value is -3.42. The summed E-state index contributed by atoms with van der Waals surface area (Å²) in [5.74, 6) is 0.399. The van der Waals surface area contributed by atoms with Gasteiger partial charge in [-0.15, -0.1) is 0 Å². The first-order valence-corrected chi connectivity index (χ1v) is 8.54. The molecule has 2 aromatic carbocycles. The van der Waals surface area contributed by atoms with Crippen LogP contribution in [0.3, 0.4) is 0 Å². The van der Waals surface area contributed by atoms with Crippen molar-refractivity contribution in [1.29, 1.82) is 0 Å². The van der Waals surface area contributed by atoms with E-state index in [1.54, 1.807) is 18.2 Å². The van der Waals surface area contributed by atoms with E-state index in [0.29, 0.717) is 17.0 Å². The molecule has 4 rings (SSSR count). The van der Waals surface area contributed by atoms with Crippen molar-refractivity contribution in [3.05, 3.63) is 79.9 Å². The van der Waals surface area contributed by atoms with Crippen molar-refractivity contribution in [2.75, 3.05) is 12.4 Å². The molecule has 0 aromatic heterocycles. The van der Waals surface area contributed by atoms with Gasteiger partial charge < -0.3 is 10.1 Å². The molecule has 8 heteroatoms. The zero-order valence-electron chi connectivity index (χ0n) is 14.5. The first-order chi connectivity index (χ1) is 13.0. The van der Waals surface area contributed by atoms with E-state index in [4.69, 9.17) is 4.74 Å². The monoisotopic (exact) mass is 367 g/mol. The van der Waals surface area contributed by atoms with Gasteiger partial charge in [0.15, 0.2) is 0 Å². The quantitative estimate of drug-likeness (QED) is 0.489. The summed E-state index contributed by atoms with van der Waals surface area (Å²) in [6, 6.07) is 9.34. The van der Waals surface area contributed by atoms with E-state index in [-0.39, 0.29) is 34.2 Å². The molecular weight excluding hydrogens is 350 g/mol. The number of hydrogen-bond donors (Lipinski definition) is 1. The number of non-ortho nitro benzene ring substituents is 1. The standard InChI is InChI=1S/C19H17N3O5/c1-27-16-9-8-15(22(25)26)17-13-6-3-7-14(13)18(20-19(16)17)11-4-2-5-12(10-11)21(23)24/h2-6,8-10,13-14,18,20H,7H2,1H3. The van der Waals surface area contributed by atoms with E-state index >= 15 is 0 Å². The first kappa shape index (κ1) is 17.0. The number of methoxy groups -OCH3 is 1. The summed E-state index contributed by atoms with van der Waals surface area (Å²) in [4.78, 5) is 21.9. The predicted molar refractivity (Wildman–Crippen MR) is 99.1 cm³/mol. The highest BCUT2D eigenvalue weighted by molar-refractivity contribution is 5.73. The van der Waals surface area contributed by atoms with Crippen LogP contribution in [-0.4, -0.2) is 17.0 Å². The minimum Gasteiger partial charge on any atom is -0.495 e. The molecule has 8 nitrogen and oxygen atoms in total. The van der Waals surface area contributed by atoms with Crippen molar-refractivity contribution >= 4 is 17.1 Å². The van der Waals surface area contributed by atoms with E-state index in [9.17, 15) is 20.2 Å². The van der Waals surface area contributed by atoms with Gasteiger partial charge in [0.1, 0.15) is 5.75 Å². The fraction of sp³-hybridized carbons (Fsp3) is 0.263. The highest BCUT2D eigenvalue weighted by Crippen LogP contribution is 2.55. The van der Waals surface area contributed by atoms with E-state index in [1.165, 1.54) is 19.2 Å². The summed E-state index contributed by atoms with van der Waals surface area (Å²) >= 11 is 0. The lowest BCUT2D eigenvalue weighted by Gasteiger charge is -2.37. The van der Waals surface area contributed by atoms with E-state index in [0.717, 1.165) is 12.0 Å². The number of fused-ring (bicyclic) bond motifs is 3. The van der Waals surface area contributed by atoms with Gasteiger partial charge in [0.25, 0.3) is 11.4 Å². The van der Waals surface area contributed by atoms with Gasteiger partial charge in [-0.25, -0.2) is 0 Å². The number of hydrogen-bond acceptors (Lipinski definition) is 6. The number of nitro benzene ring substituents is 2. The van der Waals surface area contributed by atoms with Crippen molar-refractivity contribution in [2.24, 2.45) is 5.92 Å². The normalized spacial score (nSPS) is 22.5. The van der Waals surface area contributed by atoms with Gasteiger partial charge in [-0.3, -0.25) is 20.2 Å². The average Bonchev–Trinajstić information content (AvgIpc) is 3.16. The second-order valence-electron chi connectivity index (χ2n) is 6.66. The Bertz CT molecular complexity index is 972. The van der Waals surface area contributed by atoms with E-state index in [1.807, 2.05) is 18.2 Å². The summed E-state index contributed by atoms with van der Waals surface area (Å²) < 4.78 is 5.42. The van der Waals surface area contributed by atoms with Crippen LogP contribution in [0.15, 0.2) is 48.6 Å². The minimum absolute atomic E-state index is 0.0219. The smallest absolute Gasteiger partial charge is 0.275 e. The van der Waals surface area contributed by atoms with Crippen molar-refractivity contribution < 1.29 is 14.6 Å². The third-order valence-corrected chi connectivity index (χ3v) is 5.32. The van der Waals surface area contributed by atoms with Gasteiger partial charge in [-0.05, 0) is 24.0 Å². The summed E-state index contributed by atoms with van der Waals surface area (Å²) in [7, 11) is 1.52. The van der Waals surface area contributed by atoms with Crippen LogP contribution in [0.1, 0.15) is 29.5 Å². The number of nitrogens with one attached hydrogen (secondary N) is 1. The topological polar surface area (TPSA) is 108 Å². The van der Waals surface area contributed by atoms with Crippen LogP contribution in [-0.2, 0) is 0 Å². The van der Waals surface area contributed by atoms with Crippen molar-refractivity contribution in [3.8, 4) is 5.75 Å². The first-order valence-electron chi connectivity index (χ1n) is 8.54. The van der Waals surface area contributed by atoms with Crippen LogP contribution in [0.5, 0.6) is 5.75 Å². The third-order valence-electron chi connectivity index (χ3n) is 5.32. The molecule has 3 atom stereocenters. The second-order valence-corrected chi connectivity index (χ2v) is 6.66. The predicted octanol–water partition coefficient (Wildman–Crippen LogP) is 4.34. The molecule has 0 bridgehead atoms. The number of ether oxygens (including phenoxy) is 1. The number of anilines is 1. The molecule has 0 spiro atoms. The highest BCUT2D eigenvalue weighted by atomic mass is 16.6. The number of benzene rings is 2. The van der Waals surface area contributed by atoms with Crippen molar-refractivity contribution in [2.45, 2.75) is 18.4 Å². The van der Waals surface area contributed by atoms with Crippen LogP contribution in [0.25, 0.3) is 0 Å². The maximum atomic E-state index is 11.6. The zero-order valence-corrected chi connectivity index (χ0v) is 14.5. The molecule has 0 fully saturated rings. The van der Waals surface area contributed by atoms with Gasteiger partial charge in [-0.1, -0.05) is 24.3 Å². The van der Waals surface area contributed by atoms with Gasteiger partial charge in [0.2, 0.25) is 0 Å². The fourth-order valence-corrected chi connectivity index (χ4v) is 4.15. The van der Waals surface area contributed by atoms with Gasteiger partial charge >= 0.3 is 0 Å². The third kappa shape index (κ3) is 2.69. The summed E-state index contributed by atoms with van der Waals surface area (Å²) in [6.45, 7) is 0. The molecule has 138 valence electrons. The summed E-state index contributed by atoms with van der Waals surface area (Å²) in [6.07, 6.45) is 4.74. The molecule has 3 unspecified atom stereocenters. The summed E-state index contributed by atoms with van der Waals surface area (Å²) in [5, 5.41) is 26.1. The highest BCUT2D eigenvalue weighted by Gasteiger charge is 2.43. The molecule has 1 aliphatic carbocycles. The van der Waals surface area contributed by atoms with Gasteiger partial charge in [-0.2, -0.15) is 0 Å². The molecular formula is C19H17N3O5. The molecule has 2 aromatic rings. The van der Waals surface area contributed by atoms with Crippen LogP contribution in [0, 0.1) is 26.1 Å². The van der Waals surface area contributed by atoms with Crippen molar-refractivity contribution in [1.82, 2.24) is 0 Å².